The van der Waals surface area contributed by atoms with Crippen LogP contribution in [0.15, 0.2) is 96.8 Å². The Balaban J connectivity index is 1.22. The first-order valence-corrected chi connectivity index (χ1v) is 21.6. The zero-order valence-corrected chi connectivity index (χ0v) is 35.2. The summed E-state index contributed by atoms with van der Waals surface area (Å²) in [6.45, 7) is 1.19. The Morgan fingerprint density at radius 1 is 0.742 bits per heavy atom. The van der Waals surface area contributed by atoms with Crippen molar-refractivity contribution in [1.82, 2.24) is 9.80 Å². The van der Waals surface area contributed by atoms with E-state index >= 15 is 19.2 Å². The van der Waals surface area contributed by atoms with E-state index in [-0.39, 0.29) is 58.8 Å². The van der Waals surface area contributed by atoms with E-state index in [2.05, 4.69) is 4.90 Å². The molecule has 12 heteroatoms. The number of phenolic OH excluding ortho intramolecular Hbond substituents is 2. The van der Waals surface area contributed by atoms with Gasteiger partial charge in [-0.25, -0.2) is 0 Å². The Morgan fingerprint density at radius 3 is 2.10 bits per heavy atom. The van der Waals surface area contributed by atoms with Crippen molar-refractivity contribution in [3.63, 3.8) is 0 Å². The average Bonchev–Trinajstić information content (AvgIpc) is 3.88. The summed E-state index contributed by atoms with van der Waals surface area (Å²) in [5, 5.41) is 34.6. The molecule has 0 amide bonds. The van der Waals surface area contributed by atoms with Gasteiger partial charge < -0.3 is 29.5 Å². The van der Waals surface area contributed by atoms with Gasteiger partial charge in [-0.1, -0.05) is 73.5 Å². The van der Waals surface area contributed by atoms with Crippen LogP contribution >= 0.6 is 0 Å². The van der Waals surface area contributed by atoms with Crippen molar-refractivity contribution in [2.45, 2.75) is 80.6 Å². The highest BCUT2D eigenvalue weighted by Crippen LogP contribution is 2.58. The standard InChI is InChI=1S/C50H52N2O10/c1-60-27-30-12-4-5-13-31(30)47(57)46-44(42(34-16-8-10-22-51(34)46)28-19-21-40(61-2)37(54)24-28)39(56)26-38(55)43-35-17-9-11-23-52(35)50(45(43)29-18-20-36(53)41(25-29)62-3)48(58)32-14-6-7-15-33(32)49(50)59/h4-7,12-15,18-21,24-26,34-35,42-46,53-54,56H,8-11,16-17,22-23,27H2,1-3H3/b39-26-. The second kappa shape index (κ2) is 16.5. The second-order valence-corrected chi connectivity index (χ2v) is 17.3. The number of hydrogen-bond donors (Lipinski definition) is 3. The number of carbonyl (C=O) groups excluding carboxylic acids is 4. The number of aliphatic hydroxyl groups excluding tert-OH is 1. The summed E-state index contributed by atoms with van der Waals surface area (Å²) in [7, 11) is 4.45. The maximum absolute atomic E-state index is 15.5. The van der Waals surface area contributed by atoms with Gasteiger partial charge in [0.15, 0.2) is 51.7 Å². The van der Waals surface area contributed by atoms with E-state index in [1.807, 2.05) is 23.1 Å². The third-order valence-corrected chi connectivity index (χ3v) is 14.4. The summed E-state index contributed by atoms with van der Waals surface area (Å²) >= 11 is 0. The zero-order chi connectivity index (χ0) is 43.4. The molecule has 0 saturated carbocycles. The summed E-state index contributed by atoms with van der Waals surface area (Å²) in [6.07, 6.45) is 5.70. The predicted molar refractivity (Wildman–Crippen MR) is 229 cm³/mol. The van der Waals surface area contributed by atoms with Crippen LogP contribution in [0.2, 0.25) is 0 Å². The van der Waals surface area contributed by atoms with Crippen molar-refractivity contribution < 1.29 is 48.7 Å². The number of aliphatic hydroxyl groups is 1. The molecule has 1 spiro atoms. The molecule has 0 aromatic heterocycles. The Hall–Kier alpha value is -5.82. The van der Waals surface area contributed by atoms with Crippen molar-refractivity contribution >= 4 is 23.1 Å². The number of methoxy groups -OCH3 is 3. The number of ether oxygens (including phenoxy) is 3. The molecule has 4 aromatic carbocycles. The number of allylic oxidation sites excluding steroid dienone is 1. The normalized spacial score (nSPS) is 26.9. The molecule has 7 unspecified atom stereocenters. The van der Waals surface area contributed by atoms with E-state index in [0.29, 0.717) is 59.3 Å². The fourth-order valence-corrected chi connectivity index (χ4v) is 12.0. The summed E-state index contributed by atoms with van der Waals surface area (Å²) in [5.74, 6) is -5.00. The third-order valence-electron chi connectivity index (χ3n) is 14.4. The minimum atomic E-state index is -1.76. The van der Waals surface area contributed by atoms with Gasteiger partial charge in [0.1, 0.15) is 5.76 Å². The van der Waals surface area contributed by atoms with Gasteiger partial charge in [-0.05, 0) is 79.7 Å². The zero-order valence-electron chi connectivity index (χ0n) is 35.2. The lowest BCUT2D eigenvalue weighted by Gasteiger charge is -2.40. The molecule has 322 valence electrons. The number of nitrogens with zero attached hydrogens (tertiary/aromatic N) is 2. The third kappa shape index (κ3) is 6.36. The largest absolute Gasteiger partial charge is 0.512 e. The molecule has 62 heavy (non-hydrogen) atoms. The number of phenols is 2. The quantitative estimate of drug-likeness (QED) is 0.0605. The van der Waals surface area contributed by atoms with Crippen molar-refractivity contribution in [1.29, 1.82) is 0 Å². The summed E-state index contributed by atoms with van der Waals surface area (Å²) < 4.78 is 16.4. The fourth-order valence-electron chi connectivity index (χ4n) is 12.0. The Bertz CT molecular complexity index is 2440. The number of hydrogen-bond acceptors (Lipinski definition) is 12. The van der Waals surface area contributed by atoms with Crippen LogP contribution in [0.1, 0.15) is 98.1 Å². The molecule has 4 aromatic rings. The number of aromatic hydroxyl groups is 2. The van der Waals surface area contributed by atoms with Gasteiger partial charge >= 0.3 is 0 Å². The Labute approximate surface area is 360 Å². The first-order chi connectivity index (χ1) is 30.1. The molecule has 4 heterocycles. The number of rotatable bonds is 11. The SMILES string of the molecule is COCc1ccccc1C(=O)C1C(/C(O)=C/C(=O)C2C3CCCCN3C3(C(=O)c4ccccc4C3=O)C2c2ccc(O)c(OC)c2)C(c2ccc(OC)c(O)c2)C2CCCCN21. The number of piperidine rings is 2. The molecule has 4 aliphatic heterocycles. The van der Waals surface area contributed by atoms with Crippen molar-refractivity contribution in [2.24, 2.45) is 11.8 Å². The number of fused-ring (bicyclic) bond motifs is 4. The van der Waals surface area contributed by atoms with Gasteiger partial charge in [0, 0.05) is 65.6 Å². The minimum absolute atomic E-state index is 0.0847. The number of Topliss-reactive ketones (excluding diaryl/α,β-unsaturated/α-hetero) is 3. The molecule has 4 fully saturated rings. The maximum atomic E-state index is 15.5. The van der Waals surface area contributed by atoms with Crippen molar-refractivity contribution in [3.8, 4) is 23.0 Å². The van der Waals surface area contributed by atoms with Crippen LogP contribution in [0, 0.1) is 11.8 Å². The summed E-state index contributed by atoms with van der Waals surface area (Å²) in [5.41, 5.74) is 1.15. The lowest BCUT2D eigenvalue weighted by Crippen LogP contribution is -2.58. The minimum Gasteiger partial charge on any atom is -0.512 e. The lowest BCUT2D eigenvalue weighted by atomic mass is 9.69. The lowest BCUT2D eigenvalue weighted by molar-refractivity contribution is -0.119. The molecule has 0 bridgehead atoms. The van der Waals surface area contributed by atoms with E-state index in [0.717, 1.165) is 25.7 Å². The Kier molecular flexibility index (Phi) is 11.0. The van der Waals surface area contributed by atoms with Crippen molar-refractivity contribution in [2.75, 3.05) is 34.4 Å². The number of ketones is 4. The van der Waals surface area contributed by atoms with Crippen LogP contribution < -0.4 is 9.47 Å². The topological polar surface area (TPSA) is 163 Å². The first kappa shape index (κ1) is 41.5. The molecule has 12 nitrogen and oxygen atoms in total. The summed E-state index contributed by atoms with van der Waals surface area (Å²) in [4.78, 5) is 64.9. The van der Waals surface area contributed by atoms with Crippen LogP contribution in [0.3, 0.4) is 0 Å². The monoisotopic (exact) mass is 840 g/mol. The molecule has 4 saturated heterocycles. The van der Waals surface area contributed by atoms with Crippen LogP contribution in [0.4, 0.5) is 0 Å². The molecule has 3 N–H and O–H groups in total. The molecule has 5 aliphatic rings. The van der Waals surface area contributed by atoms with E-state index in [1.165, 1.54) is 26.4 Å². The van der Waals surface area contributed by atoms with E-state index in [9.17, 15) is 15.3 Å². The van der Waals surface area contributed by atoms with Gasteiger partial charge in [-0.15, -0.1) is 0 Å². The molecular weight excluding hydrogens is 789 g/mol. The van der Waals surface area contributed by atoms with Crippen LogP contribution in [-0.4, -0.2) is 106 Å². The highest BCUT2D eigenvalue weighted by Gasteiger charge is 2.71. The molecule has 7 atom stereocenters. The van der Waals surface area contributed by atoms with Crippen LogP contribution in [-0.2, 0) is 16.1 Å². The predicted octanol–water partition coefficient (Wildman–Crippen LogP) is 7.18. The van der Waals surface area contributed by atoms with Crippen LogP contribution in [0.25, 0.3) is 0 Å². The highest BCUT2D eigenvalue weighted by atomic mass is 16.5. The van der Waals surface area contributed by atoms with E-state index in [4.69, 9.17) is 14.2 Å². The van der Waals surface area contributed by atoms with E-state index in [1.54, 1.807) is 67.8 Å². The van der Waals surface area contributed by atoms with Gasteiger partial charge in [0.2, 0.25) is 0 Å². The molecule has 1 aliphatic carbocycles. The van der Waals surface area contributed by atoms with Crippen LogP contribution in [0.5, 0.6) is 23.0 Å². The molecule has 0 radical (unpaired) electrons. The van der Waals surface area contributed by atoms with Gasteiger partial charge in [-0.2, -0.15) is 0 Å². The van der Waals surface area contributed by atoms with Gasteiger partial charge in [0.05, 0.1) is 26.9 Å². The van der Waals surface area contributed by atoms with E-state index < -0.39 is 47.1 Å². The molecular formula is C50H52N2O10. The van der Waals surface area contributed by atoms with Crippen molar-refractivity contribution in [3.05, 3.63) is 130 Å². The highest BCUT2D eigenvalue weighted by molar-refractivity contribution is 6.34. The average molecular weight is 841 g/mol. The maximum Gasteiger partial charge on any atom is 0.192 e. The molecule has 9 rings (SSSR count). The van der Waals surface area contributed by atoms with Gasteiger partial charge in [-0.3, -0.25) is 29.0 Å². The fraction of sp³-hybridized carbons (Fsp3) is 0.400. The Morgan fingerprint density at radius 2 is 1.40 bits per heavy atom. The number of benzene rings is 4. The second-order valence-electron chi connectivity index (χ2n) is 17.3. The summed E-state index contributed by atoms with van der Waals surface area (Å²) in [6, 6.07) is 22.2. The number of carbonyl (C=O) groups is 4. The smallest absolute Gasteiger partial charge is 0.192 e. The first-order valence-electron chi connectivity index (χ1n) is 21.6. The van der Waals surface area contributed by atoms with Gasteiger partial charge in [0.25, 0.3) is 0 Å².